The highest BCUT2D eigenvalue weighted by molar-refractivity contribution is 5.78. The molecule has 3 aromatic rings. The predicted molar refractivity (Wildman–Crippen MR) is 92.9 cm³/mol. The molecule has 0 aliphatic rings. The first-order valence-corrected chi connectivity index (χ1v) is 7.99. The van der Waals surface area contributed by atoms with Gasteiger partial charge in [-0.2, -0.15) is 0 Å². The predicted octanol–water partition coefficient (Wildman–Crippen LogP) is 2.82. The van der Waals surface area contributed by atoms with E-state index in [9.17, 15) is 9.18 Å². The van der Waals surface area contributed by atoms with Gasteiger partial charge in [0.25, 0.3) is 5.91 Å². The average Bonchev–Trinajstić information content (AvgIpc) is 2.61. The van der Waals surface area contributed by atoms with Crippen molar-refractivity contribution in [2.75, 3.05) is 13.2 Å². The van der Waals surface area contributed by atoms with Crippen LogP contribution >= 0.6 is 0 Å². The zero-order valence-electron chi connectivity index (χ0n) is 13.8. The number of hydrogen-bond acceptors (Lipinski definition) is 4. The number of nitrogens with one attached hydrogen (secondary N) is 1. The summed E-state index contributed by atoms with van der Waals surface area (Å²) in [7, 11) is 0. The number of rotatable bonds is 6. The van der Waals surface area contributed by atoms with Crippen molar-refractivity contribution >= 4 is 16.9 Å². The Kier molecular flexibility index (Phi) is 5.18. The van der Waals surface area contributed by atoms with Gasteiger partial charge in [-0.25, -0.2) is 14.4 Å². The van der Waals surface area contributed by atoms with Gasteiger partial charge in [-0.15, -0.1) is 0 Å². The van der Waals surface area contributed by atoms with Gasteiger partial charge in [-0.05, 0) is 43.2 Å². The SMILES string of the molecule is Cc1nc2ccccc2nc1OCC(=O)NCCc1ccc(F)cc1. The molecule has 0 radical (unpaired) electrons. The molecule has 128 valence electrons. The van der Waals surface area contributed by atoms with E-state index in [0.29, 0.717) is 24.5 Å². The number of fused-ring (bicyclic) bond motifs is 1. The van der Waals surface area contributed by atoms with Gasteiger partial charge in [-0.3, -0.25) is 4.79 Å². The third-order valence-corrected chi connectivity index (χ3v) is 3.69. The number of carbonyl (C=O) groups is 1. The lowest BCUT2D eigenvalue weighted by molar-refractivity contribution is -0.123. The van der Waals surface area contributed by atoms with Crippen molar-refractivity contribution in [1.29, 1.82) is 0 Å². The van der Waals surface area contributed by atoms with Crippen LogP contribution in [0.2, 0.25) is 0 Å². The molecule has 1 aromatic heterocycles. The van der Waals surface area contributed by atoms with Gasteiger partial charge >= 0.3 is 0 Å². The van der Waals surface area contributed by atoms with E-state index in [1.54, 1.807) is 19.1 Å². The summed E-state index contributed by atoms with van der Waals surface area (Å²) in [5.74, 6) is -0.156. The standard InChI is InChI=1S/C19H18FN3O2/c1-13-19(23-17-5-3-2-4-16(17)22-13)25-12-18(24)21-11-10-14-6-8-15(20)9-7-14/h2-9H,10-12H2,1H3,(H,21,24). The van der Waals surface area contributed by atoms with Crippen LogP contribution in [0.4, 0.5) is 4.39 Å². The van der Waals surface area contributed by atoms with Crippen LogP contribution in [0.3, 0.4) is 0 Å². The molecule has 25 heavy (non-hydrogen) atoms. The first-order valence-electron chi connectivity index (χ1n) is 7.99. The minimum atomic E-state index is -0.270. The summed E-state index contributed by atoms with van der Waals surface area (Å²) < 4.78 is 18.3. The van der Waals surface area contributed by atoms with Crippen molar-refractivity contribution in [2.45, 2.75) is 13.3 Å². The van der Waals surface area contributed by atoms with Crippen LogP contribution in [0.25, 0.3) is 11.0 Å². The third-order valence-electron chi connectivity index (χ3n) is 3.69. The maximum absolute atomic E-state index is 12.8. The number of carbonyl (C=O) groups excluding carboxylic acids is 1. The highest BCUT2D eigenvalue weighted by Crippen LogP contribution is 2.17. The molecule has 0 bridgehead atoms. The van der Waals surface area contributed by atoms with Crippen LogP contribution in [0.5, 0.6) is 5.88 Å². The van der Waals surface area contributed by atoms with E-state index in [0.717, 1.165) is 16.6 Å². The van der Waals surface area contributed by atoms with Crippen LogP contribution in [0, 0.1) is 12.7 Å². The highest BCUT2D eigenvalue weighted by Gasteiger charge is 2.08. The van der Waals surface area contributed by atoms with Crippen molar-refractivity contribution in [3.63, 3.8) is 0 Å². The Morgan fingerprint density at radius 2 is 1.76 bits per heavy atom. The molecule has 1 amide bonds. The number of aryl methyl sites for hydroxylation is 1. The number of benzene rings is 2. The number of hydrogen-bond donors (Lipinski definition) is 1. The Balaban J connectivity index is 1.50. The normalized spacial score (nSPS) is 10.6. The lowest BCUT2D eigenvalue weighted by atomic mass is 10.1. The van der Waals surface area contributed by atoms with Gasteiger partial charge in [0.1, 0.15) is 11.5 Å². The molecule has 6 heteroatoms. The molecule has 3 rings (SSSR count). The van der Waals surface area contributed by atoms with Crippen LogP contribution < -0.4 is 10.1 Å². The number of para-hydroxylation sites is 2. The summed E-state index contributed by atoms with van der Waals surface area (Å²) in [4.78, 5) is 20.7. The third kappa shape index (κ3) is 4.50. The molecule has 0 fully saturated rings. The molecule has 1 heterocycles. The monoisotopic (exact) mass is 339 g/mol. The summed E-state index contributed by atoms with van der Waals surface area (Å²) in [6.07, 6.45) is 0.626. The number of nitrogens with zero attached hydrogens (tertiary/aromatic N) is 2. The van der Waals surface area contributed by atoms with Gasteiger partial charge in [0.05, 0.1) is 11.0 Å². The number of aromatic nitrogens is 2. The van der Waals surface area contributed by atoms with Crippen molar-refractivity contribution in [3.8, 4) is 5.88 Å². The molecular weight excluding hydrogens is 321 g/mol. The first-order chi connectivity index (χ1) is 12.1. The minimum Gasteiger partial charge on any atom is -0.466 e. The summed E-state index contributed by atoms with van der Waals surface area (Å²) in [5, 5.41) is 2.77. The van der Waals surface area contributed by atoms with Crippen LogP contribution in [0.1, 0.15) is 11.3 Å². The molecule has 2 aromatic carbocycles. The largest absolute Gasteiger partial charge is 0.466 e. The molecule has 0 saturated heterocycles. The molecule has 0 saturated carbocycles. The summed E-state index contributed by atoms with van der Waals surface area (Å²) in [5.41, 5.74) is 3.10. The molecule has 0 spiro atoms. The fourth-order valence-corrected chi connectivity index (χ4v) is 2.39. The fraction of sp³-hybridized carbons (Fsp3) is 0.211. The first kappa shape index (κ1) is 16.8. The van der Waals surface area contributed by atoms with Crippen molar-refractivity contribution in [1.82, 2.24) is 15.3 Å². The van der Waals surface area contributed by atoms with Crippen LogP contribution in [-0.4, -0.2) is 29.0 Å². The second-order valence-electron chi connectivity index (χ2n) is 5.62. The zero-order valence-corrected chi connectivity index (χ0v) is 13.8. The van der Waals surface area contributed by atoms with Crippen molar-refractivity contribution in [2.24, 2.45) is 0 Å². The van der Waals surface area contributed by atoms with Crippen molar-refractivity contribution < 1.29 is 13.9 Å². The second kappa shape index (κ2) is 7.70. The van der Waals surface area contributed by atoms with E-state index in [1.165, 1.54) is 12.1 Å². The number of halogens is 1. The molecule has 0 unspecified atom stereocenters. The summed E-state index contributed by atoms with van der Waals surface area (Å²) in [6.45, 7) is 2.12. The molecule has 1 N–H and O–H groups in total. The second-order valence-corrected chi connectivity index (χ2v) is 5.62. The molecular formula is C19H18FN3O2. The van der Waals surface area contributed by atoms with Gasteiger partial charge < -0.3 is 10.1 Å². The highest BCUT2D eigenvalue weighted by atomic mass is 19.1. The van der Waals surface area contributed by atoms with E-state index in [-0.39, 0.29) is 18.3 Å². The Morgan fingerprint density at radius 1 is 1.08 bits per heavy atom. The van der Waals surface area contributed by atoms with Crippen molar-refractivity contribution in [3.05, 3.63) is 65.6 Å². The van der Waals surface area contributed by atoms with Crippen LogP contribution in [0.15, 0.2) is 48.5 Å². The van der Waals surface area contributed by atoms with E-state index in [1.807, 2.05) is 24.3 Å². The average molecular weight is 339 g/mol. The number of ether oxygens (including phenoxy) is 1. The minimum absolute atomic E-state index is 0.128. The van der Waals surface area contributed by atoms with Gasteiger partial charge in [0.15, 0.2) is 6.61 Å². The topological polar surface area (TPSA) is 64.1 Å². The lowest BCUT2D eigenvalue weighted by Gasteiger charge is -2.09. The molecule has 0 aliphatic heterocycles. The molecule has 0 aliphatic carbocycles. The van der Waals surface area contributed by atoms with Gasteiger partial charge in [-0.1, -0.05) is 24.3 Å². The number of amides is 1. The maximum Gasteiger partial charge on any atom is 0.258 e. The Hall–Kier alpha value is -3.02. The lowest BCUT2D eigenvalue weighted by Crippen LogP contribution is -2.30. The van der Waals surface area contributed by atoms with E-state index in [2.05, 4.69) is 15.3 Å². The van der Waals surface area contributed by atoms with Gasteiger partial charge in [0.2, 0.25) is 5.88 Å². The summed E-state index contributed by atoms with van der Waals surface area (Å²) in [6, 6.07) is 13.7. The van der Waals surface area contributed by atoms with E-state index in [4.69, 9.17) is 4.74 Å². The van der Waals surface area contributed by atoms with E-state index >= 15 is 0 Å². The quantitative estimate of drug-likeness (QED) is 0.750. The summed E-state index contributed by atoms with van der Waals surface area (Å²) >= 11 is 0. The smallest absolute Gasteiger partial charge is 0.258 e. The fourth-order valence-electron chi connectivity index (χ4n) is 2.39. The maximum atomic E-state index is 12.8. The Morgan fingerprint density at radius 3 is 2.48 bits per heavy atom. The van der Waals surface area contributed by atoms with E-state index < -0.39 is 0 Å². The Bertz CT molecular complexity index is 881. The molecule has 5 nitrogen and oxygen atoms in total. The zero-order chi connectivity index (χ0) is 17.6. The van der Waals surface area contributed by atoms with Crippen LogP contribution in [-0.2, 0) is 11.2 Å². The Labute approximate surface area is 144 Å². The molecule has 0 atom stereocenters. The van der Waals surface area contributed by atoms with Gasteiger partial charge in [0, 0.05) is 6.54 Å².